The number of carbonyl (C=O) groups excluding carboxylic acids is 1. The molecule has 3 aromatic heterocycles. The van der Waals surface area contributed by atoms with E-state index in [0.29, 0.717) is 24.2 Å². The van der Waals surface area contributed by atoms with E-state index in [1.54, 1.807) is 22.3 Å². The van der Waals surface area contributed by atoms with Crippen molar-refractivity contribution in [3.63, 3.8) is 0 Å². The first-order chi connectivity index (χ1) is 12.7. The van der Waals surface area contributed by atoms with Gasteiger partial charge in [0.05, 0.1) is 6.33 Å². The van der Waals surface area contributed by atoms with Gasteiger partial charge in [-0.05, 0) is 35.6 Å². The standard InChI is InChI=1S/C19H15N3O3S/c23-16(21-7-5-15-12(9-21)6-8-26-15)10-22-11-20-17-13-3-1-2-4-14(13)25-18(17)19(22)24/h1-4,6,8,11H,5,7,9-10H2. The maximum absolute atomic E-state index is 12.7. The zero-order valence-corrected chi connectivity index (χ0v) is 14.7. The van der Waals surface area contributed by atoms with Crippen molar-refractivity contribution in [3.8, 4) is 0 Å². The van der Waals surface area contributed by atoms with Gasteiger partial charge in [-0.1, -0.05) is 12.1 Å². The molecule has 0 aliphatic carbocycles. The van der Waals surface area contributed by atoms with Gasteiger partial charge in [-0.25, -0.2) is 4.98 Å². The van der Waals surface area contributed by atoms with E-state index < -0.39 is 0 Å². The van der Waals surface area contributed by atoms with Crippen molar-refractivity contribution in [1.82, 2.24) is 14.5 Å². The van der Waals surface area contributed by atoms with E-state index >= 15 is 0 Å². The minimum absolute atomic E-state index is 0.0295. The van der Waals surface area contributed by atoms with Crippen molar-refractivity contribution in [3.05, 3.63) is 62.8 Å². The molecular weight excluding hydrogens is 350 g/mol. The van der Waals surface area contributed by atoms with Crippen LogP contribution in [-0.2, 0) is 24.3 Å². The van der Waals surface area contributed by atoms with Crippen LogP contribution in [0.25, 0.3) is 22.1 Å². The zero-order valence-electron chi connectivity index (χ0n) is 13.8. The summed E-state index contributed by atoms with van der Waals surface area (Å²) in [5.41, 5.74) is 2.23. The quantitative estimate of drug-likeness (QED) is 0.548. The molecule has 0 fully saturated rings. The number of rotatable bonds is 2. The summed E-state index contributed by atoms with van der Waals surface area (Å²) in [5, 5.41) is 2.86. The van der Waals surface area contributed by atoms with E-state index in [-0.39, 0.29) is 23.6 Å². The highest BCUT2D eigenvalue weighted by atomic mass is 32.1. The second-order valence-electron chi connectivity index (χ2n) is 6.39. The molecule has 7 heteroatoms. The maximum Gasteiger partial charge on any atom is 0.297 e. The third-order valence-electron chi connectivity index (χ3n) is 4.82. The Balaban J connectivity index is 1.46. The van der Waals surface area contributed by atoms with E-state index in [1.807, 2.05) is 18.2 Å². The third-order valence-corrected chi connectivity index (χ3v) is 5.84. The van der Waals surface area contributed by atoms with Crippen LogP contribution in [0.1, 0.15) is 10.4 Å². The van der Waals surface area contributed by atoms with Crippen LogP contribution in [0.3, 0.4) is 0 Å². The fraction of sp³-hybridized carbons (Fsp3) is 0.211. The monoisotopic (exact) mass is 365 g/mol. The average Bonchev–Trinajstić information content (AvgIpc) is 3.28. The smallest absolute Gasteiger partial charge is 0.297 e. The largest absolute Gasteiger partial charge is 0.448 e. The van der Waals surface area contributed by atoms with Crippen LogP contribution >= 0.6 is 11.3 Å². The first-order valence-electron chi connectivity index (χ1n) is 8.40. The fourth-order valence-electron chi connectivity index (χ4n) is 3.43. The van der Waals surface area contributed by atoms with Gasteiger partial charge >= 0.3 is 0 Å². The predicted molar refractivity (Wildman–Crippen MR) is 99.2 cm³/mol. The summed E-state index contributed by atoms with van der Waals surface area (Å²) in [6.07, 6.45) is 2.30. The van der Waals surface area contributed by atoms with E-state index in [0.717, 1.165) is 11.8 Å². The van der Waals surface area contributed by atoms with Crippen LogP contribution in [0.2, 0.25) is 0 Å². The van der Waals surface area contributed by atoms with Gasteiger partial charge in [-0.2, -0.15) is 0 Å². The Morgan fingerprint density at radius 2 is 2.15 bits per heavy atom. The van der Waals surface area contributed by atoms with Gasteiger partial charge in [-0.15, -0.1) is 11.3 Å². The number of fused-ring (bicyclic) bond motifs is 4. The molecule has 0 saturated heterocycles. The highest BCUT2D eigenvalue weighted by molar-refractivity contribution is 7.10. The summed E-state index contributed by atoms with van der Waals surface area (Å²) in [6.45, 7) is 1.26. The summed E-state index contributed by atoms with van der Waals surface area (Å²) >= 11 is 1.73. The van der Waals surface area contributed by atoms with Crippen molar-refractivity contribution in [1.29, 1.82) is 0 Å². The summed E-state index contributed by atoms with van der Waals surface area (Å²) in [7, 11) is 0. The first-order valence-corrected chi connectivity index (χ1v) is 9.28. The molecular formula is C19H15N3O3S. The Kier molecular flexibility index (Phi) is 3.43. The van der Waals surface area contributed by atoms with Crippen LogP contribution in [-0.4, -0.2) is 26.9 Å². The third kappa shape index (κ3) is 2.35. The predicted octanol–water partition coefficient (Wildman–Crippen LogP) is 2.79. The van der Waals surface area contributed by atoms with E-state index in [1.165, 1.54) is 21.3 Å². The van der Waals surface area contributed by atoms with Crippen molar-refractivity contribution < 1.29 is 9.21 Å². The number of hydrogen-bond donors (Lipinski definition) is 0. The van der Waals surface area contributed by atoms with Crippen molar-refractivity contribution in [2.75, 3.05) is 6.54 Å². The van der Waals surface area contributed by atoms with Gasteiger partial charge in [0.15, 0.2) is 0 Å². The summed E-state index contributed by atoms with van der Waals surface area (Å²) in [6, 6.07) is 9.46. The number of amides is 1. The van der Waals surface area contributed by atoms with Gasteiger partial charge < -0.3 is 9.32 Å². The Hall–Kier alpha value is -2.93. The number of aromatic nitrogens is 2. The lowest BCUT2D eigenvalue weighted by molar-refractivity contribution is -0.132. The minimum atomic E-state index is -0.326. The van der Waals surface area contributed by atoms with Gasteiger partial charge in [0, 0.05) is 23.4 Å². The SMILES string of the molecule is O=C(Cn1cnc2c(oc3ccccc32)c1=O)N1CCc2sccc2C1. The highest BCUT2D eigenvalue weighted by Gasteiger charge is 2.22. The first kappa shape index (κ1) is 15.3. The maximum atomic E-state index is 12.7. The van der Waals surface area contributed by atoms with E-state index in [9.17, 15) is 9.59 Å². The minimum Gasteiger partial charge on any atom is -0.448 e. The topological polar surface area (TPSA) is 68.3 Å². The second kappa shape index (κ2) is 5.81. The highest BCUT2D eigenvalue weighted by Crippen LogP contribution is 2.25. The zero-order chi connectivity index (χ0) is 17.7. The van der Waals surface area contributed by atoms with Crippen LogP contribution in [0, 0.1) is 0 Å². The van der Waals surface area contributed by atoms with Crippen molar-refractivity contribution in [2.45, 2.75) is 19.5 Å². The number of para-hydroxylation sites is 1. The molecule has 0 N–H and O–H groups in total. The molecule has 1 aromatic carbocycles. The lowest BCUT2D eigenvalue weighted by Gasteiger charge is -2.27. The lowest BCUT2D eigenvalue weighted by Crippen LogP contribution is -2.39. The summed E-state index contributed by atoms with van der Waals surface area (Å²) in [4.78, 5) is 32.9. The van der Waals surface area contributed by atoms with Crippen LogP contribution < -0.4 is 5.56 Å². The van der Waals surface area contributed by atoms with Crippen LogP contribution in [0.4, 0.5) is 0 Å². The summed E-state index contributed by atoms with van der Waals surface area (Å²) in [5.74, 6) is -0.0822. The van der Waals surface area contributed by atoms with Gasteiger partial charge in [-0.3, -0.25) is 14.2 Å². The number of carbonyl (C=O) groups is 1. The van der Waals surface area contributed by atoms with E-state index in [2.05, 4.69) is 16.4 Å². The van der Waals surface area contributed by atoms with E-state index in [4.69, 9.17) is 4.42 Å². The van der Waals surface area contributed by atoms with Crippen LogP contribution in [0.5, 0.6) is 0 Å². The molecule has 0 bridgehead atoms. The van der Waals surface area contributed by atoms with Gasteiger partial charge in [0.1, 0.15) is 17.6 Å². The van der Waals surface area contributed by atoms with Gasteiger partial charge in [0.25, 0.3) is 5.56 Å². The molecule has 4 aromatic rings. The lowest BCUT2D eigenvalue weighted by atomic mass is 10.1. The van der Waals surface area contributed by atoms with Crippen molar-refractivity contribution in [2.24, 2.45) is 0 Å². The Morgan fingerprint density at radius 1 is 1.27 bits per heavy atom. The molecule has 0 saturated carbocycles. The molecule has 0 unspecified atom stereocenters. The molecule has 0 spiro atoms. The Labute approximate surface area is 152 Å². The molecule has 6 nitrogen and oxygen atoms in total. The molecule has 130 valence electrons. The number of nitrogens with zero attached hydrogens (tertiary/aromatic N) is 3. The summed E-state index contributed by atoms with van der Waals surface area (Å²) < 4.78 is 7.00. The average molecular weight is 365 g/mol. The molecule has 4 heterocycles. The Bertz CT molecular complexity index is 1200. The number of hydrogen-bond acceptors (Lipinski definition) is 5. The normalized spacial score (nSPS) is 14.1. The van der Waals surface area contributed by atoms with Crippen molar-refractivity contribution >= 4 is 39.3 Å². The number of benzene rings is 1. The molecule has 1 amide bonds. The number of thiophene rings is 1. The second-order valence-corrected chi connectivity index (χ2v) is 7.39. The molecule has 0 radical (unpaired) electrons. The fourth-order valence-corrected chi connectivity index (χ4v) is 4.32. The van der Waals surface area contributed by atoms with Gasteiger partial charge in [0.2, 0.25) is 11.5 Å². The molecule has 5 rings (SSSR count). The Morgan fingerprint density at radius 3 is 3.08 bits per heavy atom. The molecule has 26 heavy (non-hydrogen) atoms. The number of furan rings is 1. The molecule has 0 atom stereocenters. The molecule has 1 aliphatic heterocycles. The molecule has 1 aliphatic rings. The van der Waals surface area contributed by atoms with Crippen LogP contribution in [0.15, 0.2) is 51.3 Å².